The summed E-state index contributed by atoms with van der Waals surface area (Å²) in [6.07, 6.45) is 0.751. The summed E-state index contributed by atoms with van der Waals surface area (Å²) in [4.78, 5) is 0. The van der Waals surface area contributed by atoms with Gasteiger partial charge in [-0.05, 0) is 75.5 Å². The molecular formula is C21H30F3NO. The van der Waals surface area contributed by atoms with Gasteiger partial charge in [0.2, 0.25) is 0 Å². The van der Waals surface area contributed by atoms with Crippen LogP contribution >= 0.6 is 0 Å². The molecule has 0 amide bonds. The van der Waals surface area contributed by atoms with Crippen molar-refractivity contribution in [2.75, 3.05) is 13.2 Å². The maximum absolute atomic E-state index is 13.1. The van der Waals surface area contributed by atoms with Crippen LogP contribution in [0.4, 0.5) is 13.2 Å². The van der Waals surface area contributed by atoms with E-state index in [4.69, 9.17) is 4.74 Å². The minimum atomic E-state index is -4.29. The molecule has 1 aliphatic heterocycles. The standard InChI is InChI=1S/C21H30F3NO/c1-19(2)14-18(9-12-26-19)25-11-10-20(3,15-7-8-15)16-5-4-6-17(13-16)21(22,23)24/h4-6,13,15,18,25H,7-12,14H2,1-3H3/t18-,20+/m0/s1. The molecule has 146 valence electrons. The second-order valence-electron chi connectivity index (χ2n) is 8.77. The van der Waals surface area contributed by atoms with E-state index in [1.165, 1.54) is 12.1 Å². The van der Waals surface area contributed by atoms with Crippen molar-refractivity contribution in [3.05, 3.63) is 35.4 Å². The van der Waals surface area contributed by atoms with Crippen molar-refractivity contribution in [3.8, 4) is 0 Å². The van der Waals surface area contributed by atoms with Crippen LogP contribution in [0.2, 0.25) is 0 Å². The highest BCUT2D eigenvalue weighted by Crippen LogP contribution is 2.49. The first-order valence-electron chi connectivity index (χ1n) is 9.65. The molecule has 2 atom stereocenters. The zero-order valence-corrected chi connectivity index (χ0v) is 16.0. The van der Waals surface area contributed by atoms with Crippen LogP contribution in [0.3, 0.4) is 0 Å². The lowest BCUT2D eigenvalue weighted by atomic mass is 9.74. The molecule has 0 spiro atoms. The highest BCUT2D eigenvalue weighted by atomic mass is 19.4. The predicted molar refractivity (Wildman–Crippen MR) is 97.2 cm³/mol. The van der Waals surface area contributed by atoms with Gasteiger partial charge in [-0.3, -0.25) is 0 Å². The lowest BCUT2D eigenvalue weighted by Crippen LogP contribution is -2.45. The van der Waals surface area contributed by atoms with Gasteiger partial charge in [0.1, 0.15) is 0 Å². The van der Waals surface area contributed by atoms with E-state index in [0.29, 0.717) is 12.0 Å². The summed E-state index contributed by atoms with van der Waals surface area (Å²) >= 11 is 0. The maximum Gasteiger partial charge on any atom is 0.416 e. The van der Waals surface area contributed by atoms with Gasteiger partial charge in [-0.25, -0.2) is 0 Å². The van der Waals surface area contributed by atoms with Crippen LogP contribution in [0.1, 0.15) is 64.0 Å². The number of alkyl halides is 3. The molecule has 2 aliphatic rings. The Labute approximate surface area is 154 Å². The van der Waals surface area contributed by atoms with E-state index < -0.39 is 11.7 Å². The summed E-state index contributed by atoms with van der Waals surface area (Å²) in [5.41, 5.74) is -0.0175. The Morgan fingerprint density at radius 2 is 1.85 bits per heavy atom. The molecule has 0 aromatic heterocycles. The third-order valence-corrected chi connectivity index (χ3v) is 6.10. The zero-order chi connectivity index (χ0) is 19.0. The molecule has 5 heteroatoms. The molecule has 0 bridgehead atoms. The van der Waals surface area contributed by atoms with E-state index in [1.54, 1.807) is 6.07 Å². The average molecular weight is 369 g/mol. The van der Waals surface area contributed by atoms with Gasteiger partial charge in [0.25, 0.3) is 0 Å². The van der Waals surface area contributed by atoms with E-state index in [0.717, 1.165) is 50.8 Å². The van der Waals surface area contributed by atoms with Gasteiger partial charge in [0, 0.05) is 12.6 Å². The van der Waals surface area contributed by atoms with E-state index in [-0.39, 0.29) is 11.0 Å². The Bertz CT molecular complexity index is 624. The molecule has 2 nitrogen and oxygen atoms in total. The number of halogens is 3. The molecule has 1 saturated heterocycles. The molecule has 1 heterocycles. The number of nitrogens with one attached hydrogen (secondary N) is 1. The first kappa shape index (κ1) is 19.7. The first-order chi connectivity index (χ1) is 12.1. The molecular weight excluding hydrogens is 339 g/mol. The molecule has 1 aliphatic carbocycles. The van der Waals surface area contributed by atoms with Crippen molar-refractivity contribution in [3.63, 3.8) is 0 Å². The molecule has 1 saturated carbocycles. The fraction of sp³-hybridized carbons (Fsp3) is 0.714. The van der Waals surface area contributed by atoms with Gasteiger partial charge in [-0.2, -0.15) is 13.2 Å². The quantitative estimate of drug-likeness (QED) is 0.734. The van der Waals surface area contributed by atoms with E-state index >= 15 is 0 Å². The Hall–Kier alpha value is -1.07. The number of benzene rings is 1. The number of ether oxygens (including phenoxy) is 1. The molecule has 0 radical (unpaired) electrons. The third kappa shape index (κ3) is 4.61. The van der Waals surface area contributed by atoms with E-state index in [2.05, 4.69) is 26.1 Å². The Balaban J connectivity index is 1.67. The van der Waals surface area contributed by atoms with Crippen LogP contribution in [0, 0.1) is 5.92 Å². The van der Waals surface area contributed by atoms with Crippen molar-refractivity contribution in [2.24, 2.45) is 5.92 Å². The summed E-state index contributed by atoms with van der Waals surface area (Å²) < 4.78 is 45.1. The molecule has 2 fully saturated rings. The van der Waals surface area contributed by atoms with Crippen LogP contribution < -0.4 is 5.32 Å². The summed E-state index contributed by atoms with van der Waals surface area (Å²) in [6.45, 7) is 7.94. The van der Waals surface area contributed by atoms with Crippen molar-refractivity contribution < 1.29 is 17.9 Å². The number of hydrogen-bond acceptors (Lipinski definition) is 2. The Kier molecular flexibility index (Phi) is 5.42. The second kappa shape index (κ2) is 7.16. The van der Waals surface area contributed by atoms with Crippen molar-refractivity contribution in [1.82, 2.24) is 5.32 Å². The zero-order valence-electron chi connectivity index (χ0n) is 16.0. The first-order valence-corrected chi connectivity index (χ1v) is 9.65. The second-order valence-corrected chi connectivity index (χ2v) is 8.77. The third-order valence-electron chi connectivity index (χ3n) is 6.10. The molecule has 1 aromatic carbocycles. The topological polar surface area (TPSA) is 21.3 Å². The average Bonchev–Trinajstić information content (AvgIpc) is 3.38. The summed E-state index contributed by atoms with van der Waals surface area (Å²) in [6, 6.07) is 6.36. The number of rotatable bonds is 6. The lowest BCUT2D eigenvalue weighted by molar-refractivity contribution is -0.137. The fourth-order valence-corrected chi connectivity index (χ4v) is 4.30. The van der Waals surface area contributed by atoms with Gasteiger partial charge < -0.3 is 10.1 Å². The minimum Gasteiger partial charge on any atom is -0.375 e. The molecule has 1 N–H and O–H groups in total. The molecule has 26 heavy (non-hydrogen) atoms. The SMILES string of the molecule is CC1(C)C[C@@H](NCC[C@@](C)(c2cccc(C(F)(F)F)c2)C2CC2)CCO1. The summed E-state index contributed by atoms with van der Waals surface area (Å²) in [5, 5.41) is 3.63. The van der Waals surface area contributed by atoms with Crippen molar-refractivity contribution in [1.29, 1.82) is 0 Å². The van der Waals surface area contributed by atoms with E-state index in [1.807, 2.05) is 6.07 Å². The van der Waals surface area contributed by atoms with Crippen LogP contribution in [0.15, 0.2) is 24.3 Å². The predicted octanol–water partition coefficient (Wildman–Crippen LogP) is 5.31. The van der Waals surface area contributed by atoms with Crippen LogP contribution in [-0.4, -0.2) is 24.8 Å². The van der Waals surface area contributed by atoms with Gasteiger partial charge in [0.15, 0.2) is 0 Å². The minimum absolute atomic E-state index is 0.100. The van der Waals surface area contributed by atoms with E-state index in [9.17, 15) is 13.2 Å². The summed E-state index contributed by atoms with van der Waals surface area (Å²) in [5.74, 6) is 0.485. The normalized spacial score (nSPS) is 25.7. The fourth-order valence-electron chi connectivity index (χ4n) is 4.30. The smallest absolute Gasteiger partial charge is 0.375 e. The van der Waals surface area contributed by atoms with Gasteiger partial charge >= 0.3 is 6.18 Å². The van der Waals surface area contributed by atoms with Crippen LogP contribution in [0.25, 0.3) is 0 Å². The monoisotopic (exact) mass is 369 g/mol. The van der Waals surface area contributed by atoms with Crippen LogP contribution in [-0.2, 0) is 16.3 Å². The van der Waals surface area contributed by atoms with Crippen molar-refractivity contribution >= 4 is 0 Å². The number of hydrogen-bond donors (Lipinski definition) is 1. The molecule has 3 rings (SSSR count). The Morgan fingerprint density at radius 1 is 1.15 bits per heavy atom. The van der Waals surface area contributed by atoms with Crippen molar-refractivity contribution in [2.45, 2.75) is 76.1 Å². The highest BCUT2D eigenvalue weighted by molar-refractivity contribution is 5.33. The largest absolute Gasteiger partial charge is 0.416 e. The molecule has 1 aromatic rings. The molecule has 0 unspecified atom stereocenters. The Morgan fingerprint density at radius 3 is 2.46 bits per heavy atom. The van der Waals surface area contributed by atoms with Gasteiger partial charge in [-0.15, -0.1) is 0 Å². The maximum atomic E-state index is 13.1. The van der Waals surface area contributed by atoms with Gasteiger partial charge in [0.05, 0.1) is 11.2 Å². The highest BCUT2D eigenvalue weighted by Gasteiger charge is 2.43. The van der Waals surface area contributed by atoms with Gasteiger partial charge in [-0.1, -0.05) is 25.1 Å². The summed E-state index contributed by atoms with van der Waals surface area (Å²) in [7, 11) is 0. The van der Waals surface area contributed by atoms with Crippen LogP contribution in [0.5, 0.6) is 0 Å². The lowest BCUT2D eigenvalue weighted by Gasteiger charge is -2.37.